The van der Waals surface area contributed by atoms with Crippen LogP contribution in [-0.4, -0.2) is 25.3 Å². The lowest BCUT2D eigenvalue weighted by atomic mass is 9.75. The van der Waals surface area contributed by atoms with Crippen LogP contribution in [0.1, 0.15) is 51.4 Å². The minimum Gasteiger partial charge on any atom is -0.378 e. The molecule has 1 saturated carbocycles. The van der Waals surface area contributed by atoms with Crippen molar-refractivity contribution >= 4 is 18.4 Å². The molecule has 1 fully saturated rings. The number of rotatable bonds is 7. The molecule has 1 aliphatic rings. The topological polar surface area (TPSA) is 49.8 Å². The molecule has 0 heterocycles. The highest BCUT2D eigenvalue weighted by Crippen LogP contribution is 2.60. The van der Waals surface area contributed by atoms with E-state index in [0.717, 1.165) is 24.9 Å². The van der Waals surface area contributed by atoms with Crippen LogP contribution < -0.4 is 10.2 Å². The van der Waals surface area contributed by atoms with Gasteiger partial charge in [0.1, 0.15) is 5.82 Å². The number of aliphatic hydroxyl groups excluding tert-OH is 1. The Hall–Kier alpha value is -1.68. The van der Waals surface area contributed by atoms with Crippen molar-refractivity contribution in [3.05, 3.63) is 59.9 Å². The molecule has 0 spiro atoms. The molecule has 0 unspecified atom stereocenters. The van der Waals surface area contributed by atoms with E-state index in [2.05, 4.69) is 20.8 Å². The summed E-state index contributed by atoms with van der Waals surface area (Å²) in [5, 5.41) is 11.6. The van der Waals surface area contributed by atoms with Crippen LogP contribution in [0.3, 0.4) is 0 Å². The predicted molar refractivity (Wildman–Crippen MR) is 126 cm³/mol. The average molecular weight is 448 g/mol. The first kappa shape index (κ1) is 24.0. The number of halogens is 1. The van der Waals surface area contributed by atoms with Crippen LogP contribution in [0.5, 0.6) is 0 Å². The van der Waals surface area contributed by atoms with E-state index in [1.54, 1.807) is 24.3 Å². The molecule has 1 aliphatic carbocycles. The first-order chi connectivity index (χ1) is 14.6. The Labute approximate surface area is 185 Å². The molecule has 3 rings (SSSR count). The lowest BCUT2D eigenvalue weighted by molar-refractivity contribution is 0.0425. The second kappa shape index (κ2) is 9.85. The SMILES string of the molecule is CC(C)[C@H]1CC[C@H](C)C[C@H]1O[P@@](=O)(c1ccc(N(C)C)cc1)[C@H](O)c1ccccc1F. The standard InChI is InChI=1S/C25H35FNO3P/c1-17(2)21-15-10-18(3)16-24(21)30-31(29,20-13-11-19(12-14-20)27(4)5)25(28)22-8-6-7-9-23(22)26/h6-9,11-14,17-18,21,24-25,28H,10,15-16H2,1-5H3/t18-,21+,24+,25-,31-/m0/s1. The fourth-order valence-corrected chi connectivity index (χ4v) is 6.83. The van der Waals surface area contributed by atoms with Crippen molar-refractivity contribution in [3.8, 4) is 0 Å². The summed E-state index contributed by atoms with van der Waals surface area (Å²) in [6.45, 7) is 6.49. The summed E-state index contributed by atoms with van der Waals surface area (Å²) < 4.78 is 35.4. The van der Waals surface area contributed by atoms with Gasteiger partial charge in [0.2, 0.25) is 0 Å². The fourth-order valence-electron chi connectivity index (χ4n) is 4.52. The van der Waals surface area contributed by atoms with Gasteiger partial charge in [0.25, 0.3) is 7.37 Å². The van der Waals surface area contributed by atoms with Crippen LogP contribution in [0.25, 0.3) is 0 Å². The van der Waals surface area contributed by atoms with Crippen LogP contribution >= 0.6 is 7.37 Å². The van der Waals surface area contributed by atoms with E-state index in [4.69, 9.17) is 4.52 Å². The van der Waals surface area contributed by atoms with E-state index >= 15 is 0 Å². The zero-order valence-corrected chi connectivity index (χ0v) is 20.1. The lowest BCUT2D eigenvalue weighted by Crippen LogP contribution is -2.35. The third-order valence-corrected chi connectivity index (χ3v) is 9.01. The minimum absolute atomic E-state index is 0.00692. The van der Waals surface area contributed by atoms with Crippen molar-refractivity contribution in [2.24, 2.45) is 17.8 Å². The van der Waals surface area contributed by atoms with Crippen LogP contribution in [0.4, 0.5) is 10.1 Å². The minimum atomic E-state index is -3.84. The Morgan fingerprint density at radius 1 is 1.10 bits per heavy atom. The molecule has 0 aliphatic heterocycles. The monoisotopic (exact) mass is 447 g/mol. The van der Waals surface area contributed by atoms with Gasteiger partial charge in [-0.15, -0.1) is 0 Å². The Bertz CT molecular complexity index is 915. The number of hydrogen-bond donors (Lipinski definition) is 1. The van der Waals surface area contributed by atoms with E-state index in [1.165, 1.54) is 12.1 Å². The first-order valence-corrected chi connectivity index (χ1v) is 12.8. The van der Waals surface area contributed by atoms with Crippen molar-refractivity contribution in [1.82, 2.24) is 0 Å². The van der Waals surface area contributed by atoms with Gasteiger partial charge in [-0.3, -0.25) is 4.57 Å². The molecule has 0 saturated heterocycles. The van der Waals surface area contributed by atoms with E-state index < -0.39 is 19.0 Å². The van der Waals surface area contributed by atoms with Crippen molar-refractivity contribution in [3.63, 3.8) is 0 Å². The third-order valence-electron chi connectivity index (χ3n) is 6.48. The number of anilines is 1. The van der Waals surface area contributed by atoms with Crippen LogP contribution in [0.15, 0.2) is 48.5 Å². The van der Waals surface area contributed by atoms with E-state index in [9.17, 15) is 14.1 Å². The molecular weight excluding hydrogens is 412 g/mol. The molecule has 5 atom stereocenters. The molecule has 4 nitrogen and oxygen atoms in total. The van der Waals surface area contributed by atoms with E-state index in [1.807, 2.05) is 31.1 Å². The van der Waals surface area contributed by atoms with Crippen molar-refractivity contribution in [2.75, 3.05) is 19.0 Å². The van der Waals surface area contributed by atoms with Gasteiger partial charge in [-0.05, 0) is 60.9 Å². The van der Waals surface area contributed by atoms with Gasteiger partial charge in [-0.2, -0.15) is 0 Å². The summed E-state index contributed by atoms with van der Waals surface area (Å²) in [5.74, 6) is -1.08. The Morgan fingerprint density at radius 2 is 1.74 bits per heavy atom. The predicted octanol–water partition coefficient (Wildman–Crippen LogP) is 5.96. The van der Waals surface area contributed by atoms with Gasteiger partial charge in [-0.25, -0.2) is 4.39 Å². The second-order valence-electron chi connectivity index (χ2n) is 9.37. The molecule has 0 bridgehead atoms. The number of benzene rings is 2. The zero-order valence-electron chi connectivity index (χ0n) is 19.2. The van der Waals surface area contributed by atoms with Crippen molar-refractivity contribution < 1.29 is 18.6 Å². The number of aliphatic hydroxyl groups is 1. The third kappa shape index (κ3) is 5.22. The molecule has 1 N–H and O–H groups in total. The van der Waals surface area contributed by atoms with Gasteiger partial charge in [-0.1, -0.05) is 45.4 Å². The van der Waals surface area contributed by atoms with Gasteiger partial charge in [0, 0.05) is 30.7 Å². The second-order valence-corrected chi connectivity index (χ2v) is 11.8. The average Bonchev–Trinajstić information content (AvgIpc) is 2.73. The van der Waals surface area contributed by atoms with Crippen molar-refractivity contribution in [1.29, 1.82) is 0 Å². The summed E-state index contributed by atoms with van der Waals surface area (Å²) >= 11 is 0. The highest BCUT2D eigenvalue weighted by Gasteiger charge is 2.43. The maximum Gasteiger partial charge on any atom is 0.264 e. The van der Waals surface area contributed by atoms with E-state index in [0.29, 0.717) is 17.1 Å². The smallest absolute Gasteiger partial charge is 0.264 e. The zero-order chi connectivity index (χ0) is 22.8. The molecule has 2 aromatic carbocycles. The summed E-state index contributed by atoms with van der Waals surface area (Å²) in [6.07, 6.45) is 2.65. The van der Waals surface area contributed by atoms with Crippen LogP contribution in [0, 0.1) is 23.6 Å². The number of nitrogens with zero attached hydrogens (tertiary/aromatic N) is 1. The number of hydrogen-bond acceptors (Lipinski definition) is 4. The maximum absolute atomic E-state index is 14.6. The molecule has 6 heteroatoms. The highest BCUT2D eigenvalue weighted by atomic mass is 31.2. The molecule has 2 aromatic rings. The summed E-state index contributed by atoms with van der Waals surface area (Å²) in [7, 11) is 0.0164. The van der Waals surface area contributed by atoms with Gasteiger partial charge in [0.15, 0.2) is 5.85 Å². The van der Waals surface area contributed by atoms with Gasteiger partial charge >= 0.3 is 0 Å². The lowest BCUT2D eigenvalue weighted by Gasteiger charge is -2.40. The molecule has 170 valence electrons. The Balaban J connectivity index is 2.05. The first-order valence-electron chi connectivity index (χ1n) is 11.1. The maximum atomic E-state index is 14.6. The molecule has 0 radical (unpaired) electrons. The normalized spacial score (nSPS) is 24.6. The molecule has 31 heavy (non-hydrogen) atoms. The van der Waals surface area contributed by atoms with E-state index in [-0.39, 0.29) is 17.6 Å². The molecular formula is C25H35FNO3P. The summed E-state index contributed by atoms with van der Waals surface area (Å²) in [5.41, 5.74) is 0.953. The van der Waals surface area contributed by atoms with Crippen LogP contribution in [-0.2, 0) is 9.09 Å². The quantitative estimate of drug-likeness (QED) is 0.532. The molecule has 0 amide bonds. The highest BCUT2D eigenvalue weighted by molar-refractivity contribution is 7.67. The van der Waals surface area contributed by atoms with Gasteiger partial charge < -0.3 is 14.5 Å². The van der Waals surface area contributed by atoms with Crippen molar-refractivity contribution in [2.45, 2.75) is 52.0 Å². The Kier molecular flexibility index (Phi) is 7.62. The Morgan fingerprint density at radius 3 is 2.32 bits per heavy atom. The molecule has 0 aromatic heterocycles. The van der Waals surface area contributed by atoms with Gasteiger partial charge in [0.05, 0.1) is 6.10 Å². The summed E-state index contributed by atoms with van der Waals surface area (Å²) in [4.78, 5) is 1.94. The largest absolute Gasteiger partial charge is 0.378 e. The fraction of sp³-hybridized carbons (Fsp3) is 0.520. The van der Waals surface area contributed by atoms with Crippen LogP contribution in [0.2, 0.25) is 0 Å². The summed E-state index contributed by atoms with van der Waals surface area (Å²) in [6, 6.07) is 13.1.